The predicted molar refractivity (Wildman–Crippen MR) is 126 cm³/mol. The Bertz CT molecular complexity index is 1160. The monoisotopic (exact) mass is 463 g/mol. The lowest BCUT2D eigenvalue weighted by Crippen LogP contribution is -2.47. The highest BCUT2D eigenvalue weighted by Gasteiger charge is 2.33. The highest BCUT2D eigenvalue weighted by Crippen LogP contribution is 2.35. The van der Waals surface area contributed by atoms with Gasteiger partial charge in [-0.1, -0.05) is 0 Å². The lowest BCUT2D eigenvalue weighted by molar-refractivity contribution is 0.0691. The van der Waals surface area contributed by atoms with E-state index in [9.17, 15) is 4.79 Å². The van der Waals surface area contributed by atoms with Crippen LogP contribution in [-0.2, 0) is 11.2 Å². The third kappa shape index (κ3) is 4.37. The summed E-state index contributed by atoms with van der Waals surface area (Å²) in [6.07, 6.45) is 7.06. The van der Waals surface area contributed by atoms with Gasteiger partial charge in [0.05, 0.1) is 17.5 Å². The zero-order chi connectivity index (χ0) is 23.7. The minimum absolute atomic E-state index is 0.101. The first-order valence-electron chi connectivity index (χ1n) is 11.7. The molecule has 34 heavy (non-hydrogen) atoms. The number of carbonyl (C=O) groups is 1. The van der Waals surface area contributed by atoms with Crippen molar-refractivity contribution < 1.29 is 9.53 Å². The summed E-state index contributed by atoms with van der Waals surface area (Å²) >= 11 is 0. The third-order valence-electron chi connectivity index (χ3n) is 6.28. The Morgan fingerprint density at radius 1 is 1.15 bits per heavy atom. The van der Waals surface area contributed by atoms with E-state index < -0.39 is 0 Å². The maximum absolute atomic E-state index is 12.2. The lowest BCUT2D eigenvalue weighted by Gasteiger charge is -2.37. The van der Waals surface area contributed by atoms with Gasteiger partial charge in [-0.2, -0.15) is 5.10 Å². The Kier molecular flexibility index (Phi) is 5.99. The van der Waals surface area contributed by atoms with Crippen LogP contribution in [0, 0.1) is 6.92 Å². The number of piperidine rings is 1. The van der Waals surface area contributed by atoms with Crippen molar-refractivity contribution in [3.8, 4) is 5.82 Å². The van der Waals surface area contributed by atoms with Gasteiger partial charge < -0.3 is 19.9 Å². The minimum atomic E-state index is -0.220. The molecular weight excluding hydrogens is 434 g/mol. The van der Waals surface area contributed by atoms with Crippen molar-refractivity contribution in [3.05, 3.63) is 42.4 Å². The fourth-order valence-electron chi connectivity index (χ4n) is 4.58. The summed E-state index contributed by atoms with van der Waals surface area (Å²) in [6.45, 7) is 7.99. The van der Waals surface area contributed by atoms with E-state index in [-0.39, 0.29) is 12.2 Å². The van der Waals surface area contributed by atoms with E-state index in [4.69, 9.17) is 4.74 Å². The van der Waals surface area contributed by atoms with Crippen LogP contribution in [0.1, 0.15) is 37.9 Å². The van der Waals surface area contributed by atoms with Crippen molar-refractivity contribution in [2.45, 2.75) is 52.2 Å². The molecule has 0 atom stereocenters. The van der Waals surface area contributed by atoms with Gasteiger partial charge in [0.25, 0.3) is 0 Å². The molecule has 0 bridgehead atoms. The van der Waals surface area contributed by atoms with Gasteiger partial charge in [-0.25, -0.2) is 29.4 Å². The number of rotatable bonds is 5. The molecule has 0 unspecified atom stereocenters. The zero-order valence-corrected chi connectivity index (χ0v) is 19.7. The number of aryl methyl sites for hydroxylation is 1. The number of amides is 1. The van der Waals surface area contributed by atoms with Gasteiger partial charge in [-0.05, 0) is 52.2 Å². The highest BCUT2D eigenvalue weighted by atomic mass is 16.6. The second kappa shape index (κ2) is 9.24. The molecule has 11 heteroatoms. The van der Waals surface area contributed by atoms with Crippen molar-refractivity contribution in [1.29, 1.82) is 0 Å². The first-order valence-corrected chi connectivity index (χ1v) is 11.7. The third-order valence-corrected chi connectivity index (χ3v) is 6.28. The smallest absolute Gasteiger partial charge is 0.410 e. The van der Waals surface area contributed by atoms with Gasteiger partial charge in [-0.15, -0.1) is 0 Å². The fraction of sp³-hybridized carbons (Fsp3) is 0.478. The summed E-state index contributed by atoms with van der Waals surface area (Å²) in [6, 6.07) is 4.22. The first kappa shape index (κ1) is 22.1. The van der Waals surface area contributed by atoms with Crippen LogP contribution in [0.2, 0.25) is 0 Å². The fourth-order valence-corrected chi connectivity index (χ4v) is 4.58. The molecule has 0 saturated carbocycles. The standard InChI is InChI=1S/C23H29N9O2/c1-15(2)34-23(33)30-9-6-17(7-10-30)31-11-8-18-21(25-13-26-22(18)31)29-19-4-5-20(28-16(19)3)32-14-24-12-27-32/h4-5,12-15,17H,6-11H2,1-3H3,(H,25,26,29). The average molecular weight is 464 g/mol. The first-order chi connectivity index (χ1) is 16.5. The molecule has 1 N–H and O–H groups in total. The number of aromatic nitrogens is 6. The number of likely N-dealkylation sites (tertiary alicyclic amines) is 1. The van der Waals surface area contributed by atoms with Crippen LogP contribution in [0.4, 0.5) is 22.1 Å². The number of anilines is 3. The summed E-state index contributed by atoms with van der Waals surface area (Å²) in [5.41, 5.74) is 2.85. The molecule has 0 radical (unpaired) electrons. The van der Waals surface area contributed by atoms with Gasteiger partial charge in [0.1, 0.15) is 30.6 Å². The SMILES string of the molecule is Cc1nc(-n2cncn2)ccc1Nc1ncnc2c1CCN2C1CCN(C(=O)OC(C)C)CC1. The second-order valence-electron chi connectivity index (χ2n) is 8.89. The molecule has 0 spiro atoms. The number of ether oxygens (including phenoxy) is 1. The molecule has 1 amide bonds. The maximum atomic E-state index is 12.2. The van der Waals surface area contributed by atoms with Gasteiger partial charge in [0.2, 0.25) is 0 Å². The van der Waals surface area contributed by atoms with Crippen molar-refractivity contribution in [1.82, 2.24) is 34.6 Å². The van der Waals surface area contributed by atoms with Crippen LogP contribution in [-0.4, -0.2) is 72.5 Å². The molecule has 178 valence electrons. The Hall–Kier alpha value is -3.76. The van der Waals surface area contributed by atoms with E-state index in [1.807, 2.05) is 32.9 Å². The summed E-state index contributed by atoms with van der Waals surface area (Å²) in [4.78, 5) is 34.1. The Labute approximate surface area is 198 Å². The average Bonchev–Trinajstić information content (AvgIpc) is 3.51. The Morgan fingerprint density at radius 2 is 1.97 bits per heavy atom. The van der Waals surface area contributed by atoms with Crippen LogP contribution >= 0.6 is 0 Å². The quantitative estimate of drug-likeness (QED) is 0.610. The molecule has 3 aromatic heterocycles. The van der Waals surface area contributed by atoms with Gasteiger partial charge in [0.15, 0.2) is 5.82 Å². The molecular formula is C23H29N9O2. The van der Waals surface area contributed by atoms with Crippen LogP contribution in [0.5, 0.6) is 0 Å². The van der Waals surface area contributed by atoms with Crippen LogP contribution < -0.4 is 10.2 Å². The Morgan fingerprint density at radius 3 is 2.68 bits per heavy atom. The lowest BCUT2D eigenvalue weighted by atomic mass is 10.0. The number of carbonyl (C=O) groups excluding carboxylic acids is 1. The summed E-state index contributed by atoms with van der Waals surface area (Å²) in [5.74, 6) is 2.50. The number of nitrogens with zero attached hydrogens (tertiary/aromatic N) is 8. The van der Waals surface area contributed by atoms with E-state index >= 15 is 0 Å². The number of nitrogens with one attached hydrogen (secondary N) is 1. The van der Waals surface area contributed by atoms with Crippen LogP contribution in [0.15, 0.2) is 31.1 Å². The molecule has 5 heterocycles. The van der Waals surface area contributed by atoms with E-state index in [0.29, 0.717) is 24.9 Å². The van der Waals surface area contributed by atoms with Crippen molar-refractivity contribution in [3.63, 3.8) is 0 Å². The number of pyridine rings is 1. The topological polar surface area (TPSA) is 114 Å². The van der Waals surface area contributed by atoms with Crippen LogP contribution in [0.3, 0.4) is 0 Å². The van der Waals surface area contributed by atoms with E-state index in [0.717, 1.165) is 54.4 Å². The molecule has 0 aromatic carbocycles. The molecule has 2 aliphatic rings. The Balaban J connectivity index is 1.28. The normalized spacial score (nSPS) is 16.1. The van der Waals surface area contributed by atoms with Gasteiger partial charge in [0, 0.05) is 31.2 Å². The molecule has 2 aliphatic heterocycles. The van der Waals surface area contributed by atoms with E-state index in [1.165, 1.54) is 6.33 Å². The highest BCUT2D eigenvalue weighted by molar-refractivity contribution is 5.70. The molecule has 0 aliphatic carbocycles. The largest absolute Gasteiger partial charge is 0.447 e. The minimum Gasteiger partial charge on any atom is -0.447 e. The summed E-state index contributed by atoms with van der Waals surface area (Å²) in [5, 5.41) is 7.59. The number of hydrogen-bond donors (Lipinski definition) is 1. The molecule has 11 nitrogen and oxygen atoms in total. The van der Waals surface area contributed by atoms with Crippen LogP contribution in [0.25, 0.3) is 5.82 Å². The number of fused-ring (bicyclic) bond motifs is 1. The molecule has 3 aromatic rings. The van der Waals surface area contributed by atoms with Crippen molar-refractivity contribution in [2.75, 3.05) is 29.9 Å². The van der Waals surface area contributed by atoms with E-state index in [1.54, 1.807) is 22.2 Å². The molecule has 1 fully saturated rings. The van der Waals surface area contributed by atoms with Crippen molar-refractivity contribution >= 4 is 23.4 Å². The molecule has 5 rings (SSSR count). The van der Waals surface area contributed by atoms with Gasteiger partial charge in [-0.3, -0.25) is 0 Å². The zero-order valence-electron chi connectivity index (χ0n) is 19.7. The van der Waals surface area contributed by atoms with Crippen molar-refractivity contribution in [2.24, 2.45) is 0 Å². The summed E-state index contributed by atoms with van der Waals surface area (Å²) in [7, 11) is 0. The summed E-state index contributed by atoms with van der Waals surface area (Å²) < 4.78 is 6.98. The predicted octanol–water partition coefficient (Wildman–Crippen LogP) is 2.88. The van der Waals surface area contributed by atoms with E-state index in [2.05, 4.69) is 35.3 Å². The second-order valence-corrected chi connectivity index (χ2v) is 8.89. The molecule has 1 saturated heterocycles. The maximum Gasteiger partial charge on any atom is 0.410 e. The van der Waals surface area contributed by atoms with Gasteiger partial charge >= 0.3 is 6.09 Å². The number of hydrogen-bond acceptors (Lipinski definition) is 9.